The number of hydrogen-bond acceptors (Lipinski definition) is 4. The normalized spacial score (nSPS) is 20.9. The van der Waals surface area contributed by atoms with Gasteiger partial charge in [0.05, 0.1) is 15.9 Å². The van der Waals surface area contributed by atoms with Crippen LogP contribution in [0.2, 0.25) is 0 Å². The molecule has 1 aliphatic rings. The maximum Gasteiger partial charge on any atom is 0.0766 e. The van der Waals surface area contributed by atoms with Crippen LogP contribution in [0.1, 0.15) is 31.7 Å². The van der Waals surface area contributed by atoms with Gasteiger partial charge in [0, 0.05) is 19.0 Å². The summed E-state index contributed by atoms with van der Waals surface area (Å²) >= 11 is 5.74. The Bertz CT molecular complexity index is 415. The summed E-state index contributed by atoms with van der Waals surface area (Å²) in [5, 5.41) is 4.66. The van der Waals surface area contributed by atoms with E-state index in [0.29, 0.717) is 12.0 Å². The Balaban J connectivity index is 2.18. The summed E-state index contributed by atoms with van der Waals surface area (Å²) < 4.78 is 3.28. The van der Waals surface area contributed by atoms with Crippen molar-refractivity contribution in [3.05, 3.63) is 15.9 Å². The van der Waals surface area contributed by atoms with Crippen LogP contribution < -0.4 is 11.3 Å². The summed E-state index contributed by atoms with van der Waals surface area (Å²) in [6.45, 7) is 5.19. The molecule has 0 aromatic carbocycles. The van der Waals surface area contributed by atoms with Crippen LogP contribution in [0.15, 0.2) is 4.47 Å². The molecule has 1 fully saturated rings. The maximum absolute atomic E-state index is 5.78. The average molecular weight is 347 g/mol. The fourth-order valence-corrected chi connectivity index (χ4v) is 4.72. The first-order valence-corrected chi connectivity index (χ1v) is 8.93. The summed E-state index contributed by atoms with van der Waals surface area (Å²) in [5.74, 6) is 8.93. The Morgan fingerprint density at radius 2 is 2.37 bits per heavy atom. The van der Waals surface area contributed by atoms with Gasteiger partial charge in [-0.3, -0.25) is 16.0 Å². The van der Waals surface area contributed by atoms with Crippen molar-refractivity contribution in [3.63, 3.8) is 0 Å². The third-order valence-electron chi connectivity index (χ3n) is 3.86. The molecule has 1 aromatic rings. The van der Waals surface area contributed by atoms with Crippen LogP contribution >= 0.6 is 27.7 Å². The summed E-state index contributed by atoms with van der Waals surface area (Å²) in [6, 6.07) is 0.345. The van der Waals surface area contributed by atoms with Crippen molar-refractivity contribution in [1.82, 2.24) is 15.2 Å². The molecule has 19 heavy (non-hydrogen) atoms. The van der Waals surface area contributed by atoms with Gasteiger partial charge in [-0.1, -0.05) is 6.92 Å². The van der Waals surface area contributed by atoms with Crippen LogP contribution in [-0.4, -0.2) is 27.3 Å². The summed E-state index contributed by atoms with van der Waals surface area (Å²) in [4.78, 5) is 0. The molecule has 0 radical (unpaired) electrons. The molecule has 3 N–H and O–H groups in total. The number of nitrogens with zero attached hydrogens (tertiary/aromatic N) is 2. The highest BCUT2D eigenvalue weighted by Crippen LogP contribution is 2.30. The molecule has 1 aliphatic heterocycles. The monoisotopic (exact) mass is 346 g/mol. The number of aromatic nitrogens is 2. The van der Waals surface area contributed by atoms with Crippen LogP contribution in [0.4, 0.5) is 0 Å². The Morgan fingerprint density at radius 3 is 2.89 bits per heavy atom. The highest BCUT2D eigenvalue weighted by Gasteiger charge is 2.27. The van der Waals surface area contributed by atoms with Crippen LogP contribution in [0.3, 0.4) is 0 Å². The molecule has 2 atom stereocenters. The van der Waals surface area contributed by atoms with Crippen molar-refractivity contribution in [2.45, 2.75) is 45.7 Å². The van der Waals surface area contributed by atoms with Gasteiger partial charge in [-0.2, -0.15) is 16.9 Å². The molecular weight excluding hydrogens is 324 g/mol. The highest BCUT2D eigenvalue weighted by molar-refractivity contribution is 9.10. The zero-order valence-corrected chi connectivity index (χ0v) is 14.1. The molecule has 4 nitrogen and oxygen atoms in total. The van der Waals surface area contributed by atoms with Crippen molar-refractivity contribution in [3.8, 4) is 0 Å². The third kappa shape index (κ3) is 3.35. The molecule has 0 amide bonds. The lowest BCUT2D eigenvalue weighted by atomic mass is 9.95. The molecule has 108 valence electrons. The van der Waals surface area contributed by atoms with Crippen molar-refractivity contribution >= 4 is 27.7 Å². The number of hydrazine groups is 1. The second-order valence-corrected chi connectivity index (χ2v) is 6.92. The van der Waals surface area contributed by atoms with Gasteiger partial charge >= 0.3 is 0 Å². The molecule has 2 rings (SSSR count). The summed E-state index contributed by atoms with van der Waals surface area (Å²) in [5.41, 5.74) is 5.45. The van der Waals surface area contributed by atoms with Crippen LogP contribution in [0.5, 0.6) is 0 Å². The average Bonchev–Trinajstić information content (AvgIpc) is 3.04. The van der Waals surface area contributed by atoms with E-state index in [-0.39, 0.29) is 0 Å². The highest BCUT2D eigenvalue weighted by atomic mass is 79.9. The first-order chi connectivity index (χ1) is 9.21. The van der Waals surface area contributed by atoms with Gasteiger partial charge in [0.1, 0.15) is 0 Å². The van der Waals surface area contributed by atoms with E-state index in [1.807, 2.05) is 11.8 Å². The van der Waals surface area contributed by atoms with E-state index in [1.54, 1.807) is 0 Å². The Morgan fingerprint density at radius 1 is 1.58 bits per heavy atom. The molecule has 6 heteroatoms. The minimum absolute atomic E-state index is 0.345. The molecule has 1 aromatic heterocycles. The molecular formula is C13H23BrN4S. The number of thioether (sulfide) groups is 1. The summed E-state index contributed by atoms with van der Waals surface area (Å²) in [6.07, 6.45) is 3.17. The lowest BCUT2D eigenvalue weighted by Crippen LogP contribution is -2.43. The van der Waals surface area contributed by atoms with E-state index < -0.39 is 0 Å². The fraction of sp³-hybridized carbons (Fsp3) is 0.769. The Labute approximate surface area is 128 Å². The van der Waals surface area contributed by atoms with E-state index in [9.17, 15) is 0 Å². The van der Waals surface area contributed by atoms with Gasteiger partial charge in [-0.05, 0) is 53.1 Å². The molecule has 2 unspecified atom stereocenters. The van der Waals surface area contributed by atoms with Gasteiger partial charge in [-0.15, -0.1) is 0 Å². The maximum atomic E-state index is 5.78. The minimum atomic E-state index is 0.345. The van der Waals surface area contributed by atoms with Crippen LogP contribution in [0, 0.1) is 5.92 Å². The number of rotatable bonds is 6. The molecule has 1 saturated heterocycles. The lowest BCUT2D eigenvalue weighted by molar-refractivity contribution is 0.376. The SMILES string of the molecule is CCc1nn(CC)c(CC(NN)C2CCSC2)c1Br. The predicted octanol–water partition coefficient (Wildman–Crippen LogP) is 2.36. The lowest BCUT2D eigenvalue weighted by Gasteiger charge is -2.22. The molecule has 2 heterocycles. The standard InChI is InChI=1S/C13H23BrN4S/c1-3-10-13(14)12(18(4-2)17-10)7-11(16-15)9-5-6-19-8-9/h9,11,16H,3-8,15H2,1-2H3. The number of nitrogens with two attached hydrogens (primary N) is 1. The van der Waals surface area contributed by atoms with E-state index in [2.05, 4.69) is 45.0 Å². The van der Waals surface area contributed by atoms with Crippen LogP contribution in [-0.2, 0) is 19.4 Å². The minimum Gasteiger partial charge on any atom is -0.271 e. The first-order valence-electron chi connectivity index (χ1n) is 6.99. The second kappa shape index (κ2) is 7.11. The van der Waals surface area contributed by atoms with Gasteiger partial charge in [0.2, 0.25) is 0 Å². The number of halogens is 1. The van der Waals surface area contributed by atoms with Gasteiger partial charge in [-0.25, -0.2) is 0 Å². The van der Waals surface area contributed by atoms with E-state index in [1.165, 1.54) is 28.1 Å². The first kappa shape index (κ1) is 15.4. The molecule has 0 spiro atoms. The topological polar surface area (TPSA) is 55.9 Å². The van der Waals surface area contributed by atoms with Crippen LogP contribution in [0.25, 0.3) is 0 Å². The smallest absolute Gasteiger partial charge is 0.0766 e. The number of aryl methyl sites for hydroxylation is 2. The van der Waals surface area contributed by atoms with Crippen molar-refractivity contribution in [1.29, 1.82) is 0 Å². The zero-order valence-electron chi connectivity index (χ0n) is 11.7. The summed E-state index contributed by atoms with van der Waals surface area (Å²) in [7, 11) is 0. The zero-order chi connectivity index (χ0) is 13.8. The van der Waals surface area contributed by atoms with Gasteiger partial charge < -0.3 is 0 Å². The van der Waals surface area contributed by atoms with Crippen molar-refractivity contribution in [2.24, 2.45) is 11.8 Å². The quantitative estimate of drug-likeness (QED) is 0.613. The van der Waals surface area contributed by atoms with E-state index in [4.69, 9.17) is 5.84 Å². The van der Waals surface area contributed by atoms with E-state index in [0.717, 1.165) is 25.1 Å². The Kier molecular flexibility index (Phi) is 5.74. The third-order valence-corrected chi connectivity index (χ3v) is 5.96. The van der Waals surface area contributed by atoms with Crippen molar-refractivity contribution < 1.29 is 0 Å². The predicted molar refractivity (Wildman–Crippen MR) is 85.2 cm³/mol. The van der Waals surface area contributed by atoms with Crippen molar-refractivity contribution in [2.75, 3.05) is 11.5 Å². The van der Waals surface area contributed by atoms with Gasteiger partial charge in [0.15, 0.2) is 0 Å². The fourth-order valence-electron chi connectivity index (χ4n) is 2.65. The number of nitrogens with one attached hydrogen (secondary N) is 1. The Hall–Kier alpha value is -0.0400. The second-order valence-electron chi connectivity index (χ2n) is 4.98. The molecule has 0 aliphatic carbocycles. The van der Waals surface area contributed by atoms with Gasteiger partial charge in [0.25, 0.3) is 0 Å². The number of hydrogen-bond donors (Lipinski definition) is 2. The molecule has 0 saturated carbocycles. The largest absolute Gasteiger partial charge is 0.271 e. The van der Waals surface area contributed by atoms with E-state index >= 15 is 0 Å². The molecule has 0 bridgehead atoms.